The second kappa shape index (κ2) is 9.50. The number of anilines is 1. The van der Waals surface area contributed by atoms with Gasteiger partial charge in [-0.2, -0.15) is 5.26 Å². The Morgan fingerprint density at radius 2 is 1.79 bits per heavy atom. The van der Waals surface area contributed by atoms with E-state index >= 15 is 0 Å². The Bertz CT molecular complexity index is 770. The Morgan fingerprint density at radius 1 is 1.11 bits per heavy atom. The first kappa shape index (κ1) is 20.1. The largest absolute Gasteiger partial charge is 0.496 e. The van der Waals surface area contributed by atoms with Gasteiger partial charge >= 0.3 is 0 Å². The second-order valence-electron chi connectivity index (χ2n) is 7.44. The zero-order valence-electron chi connectivity index (χ0n) is 16.8. The summed E-state index contributed by atoms with van der Waals surface area (Å²) >= 11 is 0. The van der Waals surface area contributed by atoms with Crippen LogP contribution in [-0.4, -0.2) is 39.3 Å². The minimum absolute atomic E-state index is 0.0832. The fourth-order valence-electron chi connectivity index (χ4n) is 4.04. The summed E-state index contributed by atoms with van der Waals surface area (Å²) < 4.78 is 11.1. The van der Waals surface area contributed by atoms with Crippen LogP contribution >= 0.6 is 0 Å². The van der Waals surface area contributed by atoms with Gasteiger partial charge in [-0.15, -0.1) is 0 Å². The predicted octanol–water partition coefficient (Wildman–Crippen LogP) is 3.66. The Hall–Kier alpha value is -2.68. The van der Waals surface area contributed by atoms with Crippen molar-refractivity contribution in [3.8, 4) is 17.6 Å². The molecule has 150 valence electrons. The Morgan fingerprint density at radius 3 is 2.39 bits per heavy atom. The number of nitriles is 1. The van der Waals surface area contributed by atoms with Gasteiger partial charge in [-0.05, 0) is 37.8 Å². The van der Waals surface area contributed by atoms with Crippen LogP contribution in [0.1, 0.15) is 50.5 Å². The number of ether oxygens (including phenoxy) is 2. The number of methoxy groups -OCH3 is 2. The molecule has 6 nitrogen and oxygen atoms in total. The van der Waals surface area contributed by atoms with E-state index in [0.29, 0.717) is 11.3 Å². The molecule has 1 aromatic carbocycles. The summed E-state index contributed by atoms with van der Waals surface area (Å²) in [5, 5.41) is 12.5. The Kier molecular flexibility index (Phi) is 6.80. The molecule has 1 N–H and O–H groups in total. The molecule has 0 aromatic heterocycles. The number of rotatable bonds is 6. The fourth-order valence-corrected chi connectivity index (χ4v) is 4.04. The number of nitrogens with one attached hydrogen (secondary N) is 1. The van der Waals surface area contributed by atoms with E-state index in [1.807, 2.05) is 18.2 Å². The van der Waals surface area contributed by atoms with Crippen molar-refractivity contribution in [2.45, 2.75) is 51.0 Å². The van der Waals surface area contributed by atoms with Crippen molar-refractivity contribution in [1.82, 2.24) is 5.32 Å². The van der Waals surface area contributed by atoms with E-state index in [0.717, 1.165) is 63.1 Å². The quantitative estimate of drug-likeness (QED) is 0.599. The molecule has 1 saturated heterocycles. The molecule has 6 heteroatoms. The zero-order valence-corrected chi connectivity index (χ0v) is 16.8. The van der Waals surface area contributed by atoms with Crippen molar-refractivity contribution < 1.29 is 14.3 Å². The van der Waals surface area contributed by atoms with E-state index in [1.54, 1.807) is 20.3 Å². The summed E-state index contributed by atoms with van der Waals surface area (Å²) in [6.07, 6.45) is 9.33. The van der Waals surface area contributed by atoms with Gasteiger partial charge in [-0.1, -0.05) is 19.3 Å². The van der Waals surface area contributed by atoms with Crippen LogP contribution in [0.25, 0.3) is 6.08 Å². The van der Waals surface area contributed by atoms with Crippen LogP contribution in [0.5, 0.6) is 11.5 Å². The molecule has 1 saturated carbocycles. The molecule has 1 amide bonds. The second-order valence-corrected chi connectivity index (χ2v) is 7.44. The van der Waals surface area contributed by atoms with E-state index in [9.17, 15) is 10.1 Å². The van der Waals surface area contributed by atoms with Gasteiger partial charge in [0.25, 0.3) is 5.91 Å². The van der Waals surface area contributed by atoms with Gasteiger partial charge in [0.15, 0.2) is 0 Å². The van der Waals surface area contributed by atoms with Gasteiger partial charge in [0.2, 0.25) is 0 Å². The predicted molar refractivity (Wildman–Crippen MR) is 110 cm³/mol. The molecule has 28 heavy (non-hydrogen) atoms. The van der Waals surface area contributed by atoms with Crippen molar-refractivity contribution in [3.63, 3.8) is 0 Å². The van der Waals surface area contributed by atoms with Gasteiger partial charge in [0.1, 0.15) is 23.1 Å². The van der Waals surface area contributed by atoms with Crippen molar-refractivity contribution in [3.05, 3.63) is 23.3 Å². The van der Waals surface area contributed by atoms with Crippen LogP contribution in [-0.2, 0) is 4.79 Å². The number of hydrogen-bond acceptors (Lipinski definition) is 5. The zero-order chi connectivity index (χ0) is 19.9. The normalized spacial score (nSPS) is 17.9. The van der Waals surface area contributed by atoms with Crippen LogP contribution in [0.2, 0.25) is 0 Å². The summed E-state index contributed by atoms with van der Waals surface area (Å²) in [7, 11) is 3.23. The molecule has 1 heterocycles. The Labute approximate surface area is 167 Å². The van der Waals surface area contributed by atoms with Gasteiger partial charge in [-0.3, -0.25) is 4.79 Å². The maximum absolute atomic E-state index is 12.6. The summed E-state index contributed by atoms with van der Waals surface area (Å²) in [5.41, 5.74) is 1.73. The number of benzene rings is 1. The summed E-state index contributed by atoms with van der Waals surface area (Å²) in [5.74, 6) is 1.03. The summed E-state index contributed by atoms with van der Waals surface area (Å²) in [6.45, 7) is 1.98. The monoisotopic (exact) mass is 383 g/mol. The van der Waals surface area contributed by atoms with Gasteiger partial charge in [-0.25, -0.2) is 0 Å². The van der Waals surface area contributed by atoms with Crippen LogP contribution in [0, 0.1) is 11.3 Å². The van der Waals surface area contributed by atoms with Crippen LogP contribution in [0.15, 0.2) is 17.7 Å². The van der Waals surface area contributed by atoms with Gasteiger partial charge < -0.3 is 19.7 Å². The average molecular weight is 383 g/mol. The highest BCUT2D eigenvalue weighted by Gasteiger charge is 2.21. The van der Waals surface area contributed by atoms with E-state index in [1.165, 1.54) is 6.42 Å². The van der Waals surface area contributed by atoms with Gasteiger partial charge in [0, 0.05) is 30.8 Å². The molecule has 2 aliphatic rings. The Balaban J connectivity index is 1.87. The van der Waals surface area contributed by atoms with Crippen LogP contribution in [0.4, 0.5) is 5.69 Å². The first-order valence-corrected chi connectivity index (χ1v) is 10.1. The van der Waals surface area contributed by atoms with Gasteiger partial charge in [0.05, 0.1) is 19.9 Å². The van der Waals surface area contributed by atoms with Crippen LogP contribution < -0.4 is 19.7 Å². The molecular weight excluding hydrogens is 354 g/mol. The van der Waals surface area contributed by atoms with Crippen molar-refractivity contribution in [2.75, 3.05) is 32.2 Å². The highest BCUT2D eigenvalue weighted by Crippen LogP contribution is 2.38. The van der Waals surface area contributed by atoms with E-state index in [4.69, 9.17) is 9.47 Å². The third-order valence-electron chi connectivity index (χ3n) is 5.58. The average Bonchev–Trinajstić information content (AvgIpc) is 3.26. The lowest BCUT2D eigenvalue weighted by atomic mass is 9.95. The number of hydrogen-bond donors (Lipinski definition) is 1. The van der Waals surface area contributed by atoms with Crippen LogP contribution in [0.3, 0.4) is 0 Å². The molecule has 3 rings (SSSR count). The highest BCUT2D eigenvalue weighted by atomic mass is 16.5. The molecule has 2 fully saturated rings. The third kappa shape index (κ3) is 4.59. The molecule has 1 aliphatic carbocycles. The topological polar surface area (TPSA) is 74.6 Å². The maximum atomic E-state index is 12.6. The van der Waals surface area contributed by atoms with E-state index in [2.05, 4.69) is 10.2 Å². The molecule has 0 radical (unpaired) electrons. The van der Waals surface area contributed by atoms with E-state index < -0.39 is 0 Å². The number of carbonyl (C=O) groups is 1. The lowest BCUT2D eigenvalue weighted by Gasteiger charge is -2.23. The molecular formula is C22H29N3O3. The molecule has 1 aliphatic heterocycles. The SMILES string of the molecule is COc1cc(N2CCCC2)c(OC)cc1/C=C(/C#N)C(=O)NC1CCCCC1. The third-order valence-corrected chi connectivity index (χ3v) is 5.58. The van der Waals surface area contributed by atoms with Crippen molar-refractivity contribution in [2.24, 2.45) is 0 Å². The smallest absolute Gasteiger partial charge is 0.262 e. The highest BCUT2D eigenvalue weighted by molar-refractivity contribution is 6.02. The number of amides is 1. The standard InChI is InChI=1S/C22H29N3O3/c1-27-20-14-19(25-10-6-7-11-25)21(28-2)13-16(20)12-17(15-23)22(26)24-18-8-4-3-5-9-18/h12-14,18H,3-11H2,1-2H3,(H,24,26)/b17-12-. The lowest BCUT2D eigenvalue weighted by molar-refractivity contribution is -0.117. The minimum Gasteiger partial charge on any atom is -0.496 e. The first-order valence-electron chi connectivity index (χ1n) is 10.1. The number of nitrogens with zero attached hydrogens (tertiary/aromatic N) is 2. The summed E-state index contributed by atoms with van der Waals surface area (Å²) in [6, 6.07) is 5.98. The number of carbonyl (C=O) groups excluding carboxylic acids is 1. The fraction of sp³-hybridized carbons (Fsp3) is 0.545. The lowest BCUT2D eigenvalue weighted by Crippen LogP contribution is -2.36. The maximum Gasteiger partial charge on any atom is 0.262 e. The first-order chi connectivity index (χ1) is 13.7. The summed E-state index contributed by atoms with van der Waals surface area (Å²) in [4.78, 5) is 14.9. The minimum atomic E-state index is -0.320. The molecule has 0 spiro atoms. The van der Waals surface area contributed by atoms with Crippen molar-refractivity contribution in [1.29, 1.82) is 5.26 Å². The molecule has 1 aromatic rings. The molecule has 0 bridgehead atoms. The van der Waals surface area contributed by atoms with E-state index in [-0.39, 0.29) is 17.5 Å². The molecule has 0 unspecified atom stereocenters. The molecule has 0 atom stereocenters. The van der Waals surface area contributed by atoms with Crippen molar-refractivity contribution >= 4 is 17.7 Å².